The Morgan fingerprint density at radius 2 is 1.75 bits per heavy atom. The Morgan fingerprint density at radius 3 is 2.35 bits per heavy atom. The largest absolute Gasteiger partial charge is 0.435 e. The van der Waals surface area contributed by atoms with E-state index in [1.807, 2.05) is 0 Å². The van der Waals surface area contributed by atoms with Crippen molar-refractivity contribution >= 4 is 5.82 Å². The van der Waals surface area contributed by atoms with Gasteiger partial charge in [-0.05, 0) is 30.3 Å². The average molecular weight is 289 g/mol. The van der Waals surface area contributed by atoms with E-state index in [9.17, 15) is 22.0 Å². The summed E-state index contributed by atoms with van der Waals surface area (Å²) in [5, 5.41) is 8.87. The van der Waals surface area contributed by atoms with Crippen LogP contribution in [0, 0.1) is 11.6 Å². The fourth-order valence-electron chi connectivity index (χ4n) is 1.44. The molecular formula is C12H8F5N3. The lowest BCUT2D eigenvalue weighted by Crippen LogP contribution is -2.10. The van der Waals surface area contributed by atoms with Crippen molar-refractivity contribution in [1.82, 2.24) is 10.2 Å². The molecule has 0 radical (unpaired) electrons. The van der Waals surface area contributed by atoms with E-state index in [1.54, 1.807) is 0 Å². The van der Waals surface area contributed by atoms with E-state index in [4.69, 9.17) is 0 Å². The second kappa shape index (κ2) is 5.40. The summed E-state index contributed by atoms with van der Waals surface area (Å²) < 4.78 is 63.0. The zero-order chi connectivity index (χ0) is 14.8. The van der Waals surface area contributed by atoms with E-state index in [-0.39, 0.29) is 17.9 Å². The molecule has 0 aliphatic heterocycles. The van der Waals surface area contributed by atoms with E-state index in [1.165, 1.54) is 0 Å². The molecule has 0 bridgehead atoms. The highest BCUT2D eigenvalue weighted by molar-refractivity contribution is 5.35. The van der Waals surface area contributed by atoms with Crippen molar-refractivity contribution in [3.8, 4) is 0 Å². The van der Waals surface area contributed by atoms with Gasteiger partial charge in [-0.2, -0.15) is 13.2 Å². The van der Waals surface area contributed by atoms with Crippen molar-refractivity contribution in [2.45, 2.75) is 12.7 Å². The SMILES string of the molecule is Fc1ccc(F)c(CNc2ccc(C(F)(F)F)nn2)c1. The quantitative estimate of drug-likeness (QED) is 0.880. The summed E-state index contributed by atoms with van der Waals surface area (Å²) in [6, 6.07) is 4.73. The zero-order valence-electron chi connectivity index (χ0n) is 9.88. The van der Waals surface area contributed by atoms with Crippen molar-refractivity contribution in [3.05, 3.63) is 53.2 Å². The van der Waals surface area contributed by atoms with Gasteiger partial charge >= 0.3 is 6.18 Å². The fraction of sp³-hybridized carbons (Fsp3) is 0.167. The van der Waals surface area contributed by atoms with Crippen molar-refractivity contribution < 1.29 is 22.0 Å². The molecule has 20 heavy (non-hydrogen) atoms. The van der Waals surface area contributed by atoms with E-state index >= 15 is 0 Å². The van der Waals surface area contributed by atoms with Gasteiger partial charge in [-0.3, -0.25) is 0 Å². The standard InChI is InChI=1S/C12H8F5N3/c13-8-1-2-9(14)7(5-8)6-18-11-4-3-10(19-20-11)12(15,16)17/h1-5H,6H2,(H,18,20). The molecular weight excluding hydrogens is 281 g/mol. The highest BCUT2D eigenvalue weighted by atomic mass is 19.4. The number of nitrogens with one attached hydrogen (secondary N) is 1. The molecule has 0 spiro atoms. The molecule has 0 saturated heterocycles. The van der Waals surface area contributed by atoms with Crippen molar-refractivity contribution in [3.63, 3.8) is 0 Å². The van der Waals surface area contributed by atoms with Crippen molar-refractivity contribution in [1.29, 1.82) is 0 Å². The Hall–Kier alpha value is -2.25. The summed E-state index contributed by atoms with van der Waals surface area (Å²) in [6.07, 6.45) is -4.57. The molecule has 0 saturated carbocycles. The minimum Gasteiger partial charge on any atom is -0.364 e. The van der Waals surface area contributed by atoms with Crippen LogP contribution in [0.5, 0.6) is 0 Å². The summed E-state index contributed by atoms with van der Waals surface area (Å²) in [6.45, 7) is -0.121. The van der Waals surface area contributed by atoms with Crippen LogP contribution in [0.15, 0.2) is 30.3 Å². The van der Waals surface area contributed by atoms with E-state index in [2.05, 4.69) is 15.5 Å². The maximum Gasteiger partial charge on any atom is 0.435 e. The lowest BCUT2D eigenvalue weighted by atomic mass is 10.2. The van der Waals surface area contributed by atoms with Gasteiger partial charge in [0.25, 0.3) is 0 Å². The third-order valence-electron chi connectivity index (χ3n) is 2.42. The van der Waals surface area contributed by atoms with Gasteiger partial charge in [0.1, 0.15) is 17.5 Å². The Labute approximate surface area is 110 Å². The van der Waals surface area contributed by atoms with Gasteiger partial charge in [0.05, 0.1) is 0 Å². The van der Waals surface area contributed by atoms with Gasteiger partial charge in [-0.25, -0.2) is 8.78 Å². The van der Waals surface area contributed by atoms with Gasteiger partial charge < -0.3 is 5.32 Å². The molecule has 8 heteroatoms. The number of halogens is 5. The maximum absolute atomic E-state index is 13.3. The normalized spacial score (nSPS) is 11.4. The van der Waals surface area contributed by atoms with Crippen LogP contribution < -0.4 is 5.32 Å². The molecule has 0 amide bonds. The third-order valence-corrected chi connectivity index (χ3v) is 2.42. The van der Waals surface area contributed by atoms with Crippen LogP contribution in [0.3, 0.4) is 0 Å². The topological polar surface area (TPSA) is 37.8 Å². The molecule has 0 unspecified atom stereocenters. The molecule has 2 aromatic rings. The molecule has 106 valence electrons. The highest BCUT2D eigenvalue weighted by Crippen LogP contribution is 2.27. The number of anilines is 1. The van der Waals surface area contributed by atoms with Gasteiger partial charge in [0.15, 0.2) is 5.69 Å². The summed E-state index contributed by atoms with van der Waals surface area (Å²) in [4.78, 5) is 0. The maximum atomic E-state index is 13.3. The second-order valence-corrected chi connectivity index (χ2v) is 3.89. The predicted octanol–water partition coefficient (Wildman–Crippen LogP) is 3.39. The van der Waals surface area contributed by atoms with Crippen LogP contribution >= 0.6 is 0 Å². The third kappa shape index (κ3) is 3.40. The van der Waals surface area contributed by atoms with Crippen LogP contribution in [-0.2, 0) is 12.7 Å². The molecule has 0 fully saturated rings. The lowest BCUT2D eigenvalue weighted by Gasteiger charge is -2.08. The fourth-order valence-corrected chi connectivity index (χ4v) is 1.44. The predicted molar refractivity (Wildman–Crippen MR) is 60.7 cm³/mol. The van der Waals surface area contributed by atoms with Crippen LogP contribution in [-0.4, -0.2) is 10.2 Å². The second-order valence-electron chi connectivity index (χ2n) is 3.89. The monoisotopic (exact) mass is 289 g/mol. The molecule has 0 atom stereocenters. The lowest BCUT2D eigenvalue weighted by molar-refractivity contribution is -0.141. The number of hydrogen-bond donors (Lipinski definition) is 1. The summed E-state index contributed by atoms with van der Waals surface area (Å²) in [5.41, 5.74) is -1.09. The molecule has 2 rings (SSSR count). The first-order valence-electron chi connectivity index (χ1n) is 5.45. The molecule has 1 N–H and O–H groups in total. The number of hydrogen-bond acceptors (Lipinski definition) is 3. The number of nitrogens with zero attached hydrogens (tertiary/aromatic N) is 2. The Bertz CT molecular complexity index is 595. The van der Waals surface area contributed by atoms with E-state index < -0.39 is 23.5 Å². The Morgan fingerprint density at radius 1 is 1.00 bits per heavy atom. The van der Waals surface area contributed by atoms with E-state index in [0.29, 0.717) is 0 Å². The first-order chi connectivity index (χ1) is 9.36. The molecule has 1 aromatic carbocycles. The van der Waals surface area contributed by atoms with Gasteiger partial charge in [-0.1, -0.05) is 0 Å². The van der Waals surface area contributed by atoms with Gasteiger partial charge in [-0.15, -0.1) is 10.2 Å². The number of alkyl halides is 3. The first-order valence-corrected chi connectivity index (χ1v) is 5.45. The molecule has 0 aliphatic carbocycles. The van der Waals surface area contributed by atoms with Crippen molar-refractivity contribution in [2.75, 3.05) is 5.32 Å². The Balaban J connectivity index is 2.06. The summed E-state index contributed by atoms with van der Waals surface area (Å²) in [7, 11) is 0. The van der Waals surface area contributed by atoms with Gasteiger partial charge in [0.2, 0.25) is 0 Å². The van der Waals surface area contributed by atoms with Crippen LogP contribution in [0.2, 0.25) is 0 Å². The highest BCUT2D eigenvalue weighted by Gasteiger charge is 2.32. The Kier molecular flexibility index (Phi) is 3.82. The number of rotatable bonds is 3. The molecule has 0 aliphatic rings. The summed E-state index contributed by atoms with van der Waals surface area (Å²) in [5.74, 6) is -1.21. The smallest absolute Gasteiger partial charge is 0.364 e. The zero-order valence-corrected chi connectivity index (χ0v) is 9.88. The number of aromatic nitrogens is 2. The van der Waals surface area contributed by atoms with Crippen molar-refractivity contribution in [2.24, 2.45) is 0 Å². The minimum atomic E-state index is -4.57. The average Bonchev–Trinajstić information content (AvgIpc) is 2.39. The minimum absolute atomic E-state index is 0.0293. The molecule has 3 nitrogen and oxygen atoms in total. The molecule has 1 aromatic heterocycles. The van der Waals surface area contributed by atoms with Crippen LogP contribution in [0.4, 0.5) is 27.8 Å². The van der Waals surface area contributed by atoms with Crippen LogP contribution in [0.25, 0.3) is 0 Å². The van der Waals surface area contributed by atoms with E-state index in [0.717, 1.165) is 30.3 Å². The van der Waals surface area contributed by atoms with Crippen LogP contribution in [0.1, 0.15) is 11.3 Å². The molecule has 1 heterocycles. The summed E-state index contributed by atoms with van der Waals surface area (Å²) >= 11 is 0. The number of benzene rings is 1. The first kappa shape index (κ1) is 14.2. The van der Waals surface area contributed by atoms with Gasteiger partial charge in [0, 0.05) is 12.1 Å².